The third-order valence-corrected chi connectivity index (χ3v) is 6.81. The summed E-state index contributed by atoms with van der Waals surface area (Å²) in [6.45, 7) is 6.39. The third kappa shape index (κ3) is 4.11. The fourth-order valence-corrected chi connectivity index (χ4v) is 5.45. The Bertz CT molecular complexity index is 971. The molecule has 0 radical (unpaired) electrons. The summed E-state index contributed by atoms with van der Waals surface area (Å²) in [5.41, 5.74) is 2.79. The van der Waals surface area contributed by atoms with Crippen molar-refractivity contribution in [2.75, 3.05) is 13.2 Å². The number of aliphatic hydroxyl groups is 1. The van der Waals surface area contributed by atoms with Gasteiger partial charge in [0.1, 0.15) is 12.6 Å². The molecule has 170 valence electrons. The number of hydrogen-bond acceptors (Lipinski definition) is 5. The van der Waals surface area contributed by atoms with E-state index in [1.165, 1.54) is 4.90 Å². The predicted octanol–water partition coefficient (Wildman–Crippen LogP) is 4.10. The highest BCUT2D eigenvalue weighted by atomic mass is 16.6. The molecule has 0 spiro atoms. The van der Waals surface area contributed by atoms with Gasteiger partial charge in [-0.2, -0.15) is 0 Å². The van der Waals surface area contributed by atoms with E-state index in [0.29, 0.717) is 12.8 Å². The van der Waals surface area contributed by atoms with Crippen molar-refractivity contribution in [2.45, 2.75) is 51.9 Å². The number of hydrogen-bond donors (Lipinski definition) is 1. The number of likely N-dealkylation sites (tertiary alicyclic amines) is 1. The number of amides is 1. The van der Waals surface area contributed by atoms with E-state index in [1.807, 2.05) is 56.3 Å². The van der Waals surface area contributed by atoms with Crippen LogP contribution in [-0.2, 0) is 26.5 Å². The molecule has 1 aliphatic heterocycles. The Morgan fingerprint density at radius 1 is 1.09 bits per heavy atom. The monoisotopic (exact) mass is 437 g/mol. The van der Waals surface area contributed by atoms with E-state index in [4.69, 9.17) is 9.47 Å². The van der Waals surface area contributed by atoms with Crippen LogP contribution in [0.3, 0.4) is 0 Å². The average molecular weight is 438 g/mol. The molecule has 2 fully saturated rings. The second kappa shape index (κ2) is 8.94. The lowest BCUT2D eigenvalue weighted by Crippen LogP contribution is -2.44. The predicted molar refractivity (Wildman–Crippen MR) is 120 cm³/mol. The molecule has 2 aliphatic rings. The van der Waals surface area contributed by atoms with Crippen LogP contribution in [0.2, 0.25) is 0 Å². The van der Waals surface area contributed by atoms with Gasteiger partial charge in [0.05, 0.1) is 12.2 Å². The average Bonchev–Trinajstić information content (AvgIpc) is 3.31. The van der Waals surface area contributed by atoms with Gasteiger partial charge in [0.2, 0.25) is 0 Å². The van der Waals surface area contributed by atoms with Crippen LogP contribution in [0, 0.1) is 25.7 Å². The largest absolute Gasteiger partial charge is 0.464 e. The Balaban J connectivity index is 1.60. The molecule has 6 heteroatoms. The highest BCUT2D eigenvalue weighted by molar-refractivity contribution is 5.83. The molecule has 32 heavy (non-hydrogen) atoms. The van der Waals surface area contributed by atoms with Gasteiger partial charge in [0, 0.05) is 12.5 Å². The van der Waals surface area contributed by atoms with Gasteiger partial charge >= 0.3 is 12.1 Å². The minimum absolute atomic E-state index is 0.127. The Kier molecular flexibility index (Phi) is 6.24. The van der Waals surface area contributed by atoms with Gasteiger partial charge in [0.25, 0.3) is 0 Å². The van der Waals surface area contributed by atoms with E-state index < -0.39 is 23.7 Å². The normalized spacial score (nSPS) is 26.6. The summed E-state index contributed by atoms with van der Waals surface area (Å²) >= 11 is 0. The van der Waals surface area contributed by atoms with Crippen molar-refractivity contribution >= 4 is 12.1 Å². The van der Waals surface area contributed by atoms with Crippen LogP contribution in [0.15, 0.2) is 48.5 Å². The number of benzene rings is 2. The maximum atomic E-state index is 13.0. The Morgan fingerprint density at radius 2 is 1.78 bits per heavy atom. The SMILES string of the molecule is CCOC(=O)[C@@H]1[C@H]2CCC(O)(c3cc(C)cc(C)c3)[C@H]2CN1C(=O)OCc1ccccc1. The summed E-state index contributed by atoms with van der Waals surface area (Å²) in [6.07, 6.45) is 0.637. The first kappa shape index (κ1) is 22.3. The minimum Gasteiger partial charge on any atom is -0.464 e. The zero-order chi connectivity index (χ0) is 22.9. The Labute approximate surface area is 189 Å². The summed E-state index contributed by atoms with van der Waals surface area (Å²) in [6, 6.07) is 14.8. The Hall–Kier alpha value is -2.86. The molecule has 1 saturated carbocycles. The molecule has 0 bridgehead atoms. The van der Waals surface area contributed by atoms with Crippen molar-refractivity contribution in [1.82, 2.24) is 4.90 Å². The van der Waals surface area contributed by atoms with Crippen LogP contribution in [0.25, 0.3) is 0 Å². The summed E-state index contributed by atoms with van der Waals surface area (Å²) in [5.74, 6) is -0.868. The zero-order valence-corrected chi connectivity index (χ0v) is 18.9. The topological polar surface area (TPSA) is 76.1 Å². The molecule has 2 aromatic rings. The van der Waals surface area contributed by atoms with E-state index in [-0.39, 0.29) is 31.6 Å². The second-order valence-corrected chi connectivity index (χ2v) is 9.00. The summed E-state index contributed by atoms with van der Waals surface area (Å²) in [4.78, 5) is 27.4. The number of fused-ring (bicyclic) bond motifs is 1. The number of carbonyl (C=O) groups is 2. The van der Waals surface area contributed by atoms with Crippen molar-refractivity contribution in [3.8, 4) is 0 Å². The van der Waals surface area contributed by atoms with E-state index in [9.17, 15) is 14.7 Å². The van der Waals surface area contributed by atoms with Gasteiger partial charge in [-0.3, -0.25) is 4.90 Å². The van der Waals surface area contributed by atoms with Crippen LogP contribution in [-0.4, -0.2) is 41.3 Å². The summed E-state index contributed by atoms with van der Waals surface area (Å²) < 4.78 is 10.9. The molecular weight excluding hydrogens is 406 g/mol. The lowest BCUT2D eigenvalue weighted by atomic mass is 9.80. The molecule has 1 unspecified atom stereocenters. The first-order valence-electron chi connectivity index (χ1n) is 11.3. The molecule has 1 N–H and O–H groups in total. The van der Waals surface area contributed by atoms with E-state index >= 15 is 0 Å². The highest BCUT2D eigenvalue weighted by Crippen LogP contribution is 2.53. The molecule has 0 aromatic heterocycles. The number of rotatable bonds is 5. The molecule has 4 atom stereocenters. The van der Waals surface area contributed by atoms with Gasteiger partial charge in [-0.1, -0.05) is 59.7 Å². The molecule has 1 saturated heterocycles. The molecule has 6 nitrogen and oxygen atoms in total. The molecule has 1 aliphatic carbocycles. The van der Waals surface area contributed by atoms with Crippen molar-refractivity contribution in [3.05, 3.63) is 70.8 Å². The van der Waals surface area contributed by atoms with Crippen molar-refractivity contribution in [3.63, 3.8) is 0 Å². The number of carbonyl (C=O) groups excluding carboxylic acids is 2. The third-order valence-electron chi connectivity index (χ3n) is 6.81. The van der Waals surface area contributed by atoms with Gasteiger partial charge in [-0.05, 0) is 50.7 Å². The number of ether oxygens (including phenoxy) is 2. The van der Waals surface area contributed by atoms with E-state index in [1.54, 1.807) is 6.92 Å². The first-order chi connectivity index (χ1) is 15.3. The quantitative estimate of drug-likeness (QED) is 0.713. The minimum atomic E-state index is -1.10. The number of nitrogens with zero attached hydrogens (tertiary/aromatic N) is 1. The van der Waals surface area contributed by atoms with Crippen LogP contribution < -0.4 is 0 Å². The Morgan fingerprint density at radius 3 is 2.44 bits per heavy atom. The van der Waals surface area contributed by atoms with E-state index in [0.717, 1.165) is 22.3 Å². The van der Waals surface area contributed by atoms with Gasteiger partial charge in [0.15, 0.2) is 0 Å². The molecule has 4 rings (SSSR count). The zero-order valence-electron chi connectivity index (χ0n) is 18.9. The van der Waals surface area contributed by atoms with Crippen LogP contribution in [0.4, 0.5) is 4.79 Å². The highest BCUT2D eigenvalue weighted by Gasteiger charge is 2.60. The second-order valence-electron chi connectivity index (χ2n) is 9.00. The maximum absolute atomic E-state index is 13.0. The van der Waals surface area contributed by atoms with Crippen molar-refractivity contribution in [1.29, 1.82) is 0 Å². The molecule has 1 amide bonds. The van der Waals surface area contributed by atoms with E-state index in [2.05, 4.69) is 6.07 Å². The number of aryl methyl sites for hydroxylation is 2. The number of esters is 1. The van der Waals surface area contributed by atoms with Crippen LogP contribution in [0.5, 0.6) is 0 Å². The fourth-order valence-electron chi connectivity index (χ4n) is 5.45. The van der Waals surface area contributed by atoms with Gasteiger partial charge < -0.3 is 14.6 Å². The lowest BCUT2D eigenvalue weighted by Gasteiger charge is -2.31. The molecule has 2 aromatic carbocycles. The van der Waals surface area contributed by atoms with Crippen LogP contribution >= 0.6 is 0 Å². The molecule has 1 heterocycles. The van der Waals surface area contributed by atoms with Gasteiger partial charge in [-0.15, -0.1) is 0 Å². The molecular formula is C26H31NO5. The lowest BCUT2D eigenvalue weighted by molar-refractivity contribution is -0.149. The fraction of sp³-hybridized carbons (Fsp3) is 0.462. The van der Waals surface area contributed by atoms with Crippen molar-refractivity contribution in [2.24, 2.45) is 11.8 Å². The maximum Gasteiger partial charge on any atom is 0.410 e. The standard InChI is InChI=1S/C26H31NO5/c1-4-31-24(28)23-21-10-11-26(30,20-13-17(2)12-18(3)14-20)22(21)15-27(23)25(29)32-16-19-8-6-5-7-9-19/h5-9,12-14,21-23,30H,4,10-11,15-16H2,1-3H3/t21-,22-,23-,26?/m0/s1. The van der Waals surface area contributed by atoms with Crippen molar-refractivity contribution < 1.29 is 24.2 Å². The smallest absolute Gasteiger partial charge is 0.410 e. The van der Waals surface area contributed by atoms with Crippen LogP contribution in [0.1, 0.15) is 42.0 Å². The van der Waals surface area contributed by atoms with Gasteiger partial charge in [-0.25, -0.2) is 9.59 Å². The summed E-state index contributed by atoms with van der Waals surface area (Å²) in [7, 11) is 0. The first-order valence-corrected chi connectivity index (χ1v) is 11.3. The summed E-state index contributed by atoms with van der Waals surface area (Å²) in [5, 5.41) is 11.8.